The second-order valence-corrected chi connectivity index (χ2v) is 16.6. The summed E-state index contributed by atoms with van der Waals surface area (Å²) in [4.78, 5) is 22.8. The average Bonchev–Trinajstić information content (AvgIpc) is 3.33. The van der Waals surface area contributed by atoms with Crippen molar-refractivity contribution in [3.63, 3.8) is 0 Å². The summed E-state index contributed by atoms with van der Waals surface area (Å²) < 4.78 is 119. The summed E-state index contributed by atoms with van der Waals surface area (Å²) in [6.45, 7) is 0. The third-order valence-electron chi connectivity index (χ3n) is 7.96. The second-order valence-electron chi connectivity index (χ2n) is 11.2. The minimum Gasteiger partial charge on any atom is -0.493 e. The fourth-order valence-electron chi connectivity index (χ4n) is 5.47. The lowest BCUT2D eigenvalue weighted by molar-refractivity contribution is -0.112. The van der Waals surface area contributed by atoms with Gasteiger partial charge in [-0.25, -0.2) is 8.42 Å². The third kappa shape index (κ3) is 8.13. The topological polar surface area (TPSA) is 238 Å². The van der Waals surface area contributed by atoms with E-state index in [0.717, 1.165) is 24.3 Å². The van der Waals surface area contributed by atoms with Crippen LogP contribution in [0.15, 0.2) is 80.3 Å². The molecule has 4 N–H and O–H groups in total. The summed E-state index contributed by atoms with van der Waals surface area (Å²) in [6, 6.07) is 8.95. The molecule has 0 aliphatic carbocycles. The van der Waals surface area contributed by atoms with Crippen molar-refractivity contribution in [1.29, 1.82) is 0 Å². The van der Waals surface area contributed by atoms with Crippen molar-refractivity contribution >= 4 is 88.6 Å². The highest BCUT2D eigenvalue weighted by atomic mass is 35.5. The van der Waals surface area contributed by atoms with Crippen LogP contribution in [0, 0.1) is 0 Å². The molecule has 0 radical (unpaired) electrons. The molecule has 55 heavy (non-hydrogen) atoms. The number of amides is 2. The highest BCUT2D eigenvalue weighted by molar-refractivity contribution is 7.92. The van der Waals surface area contributed by atoms with Crippen molar-refractivity contribution in [2.24, 2.45) is 0 Å². The number of anilines is 2. The zero-order valence-electron chi connectivity index (χ0n) is 28.7. The first-order valence-electron chi connectivity index (χ1n) is 15.1. The lowest BCUT2D eigenvalue weighted by Crippen LogP contribution is -2.13. The van der Waals surface area contributed by atoms with Crippen molar-refractivity contribution in [2.45, 2.75) is 19.6 Å². The number of carbonyl (C=O) groups excluding carboxylic acids is 2. The second kappa shape index (κ2) is 15.5. The number of methoxy groups -OCH3 is 4. The van der Waals surface area contributed by atoms with E-state index in [1.54, 1.807) is 0 Å². The van der Waals surface area contributed by atoms with E-state index in [9.17, 15) is 43.9 Å². The molecule has 0 unspecified atom stereocenters. The van der Waals surface area contributed by atoms with Crippen LogP contribution >= 0.6 is 23.2 Å². The number of rotatable bonds is 12. The zero-order chi connectivity index (χ0) is 40.6. The van der Waals surface area contributed by atoms with Crippen LogP contribution in [0.4, 0.5) is 11.4 Å². The summed E-state index contributed by atoms with van der Waals surface area (Å²) in [6.07, 6.45) is 4.38. The molecule has 4 aromatic rings. The predicted octanol–water partition coefficient (Wildman–Crippen LogP) is 5.64. The fourth-order valence-corrected chi connectivity index (χ4v) is 9.07. The van der Waals surface area contributed by atoms with E-state index in [2.05, 4.69) is 10.6 Å². The number of hydrogen-bond donors (Lipinski definition) is 4. The predicted molar refractivity (Wildman–Crippen MR) is 201 cm³/mol. The quantitative estimate of drug-likeness (QED) is 0.0878. The van der Waals surface area contributed by atoms with Crippen molar-refractivity contribution in [3.05, 3.63) is 81.9 Å². The Hall–Kier alpha value is -5.15. The van der Waals surface area contributed by atoms with Crippen molar-refractivity contribution in [2.75, 3.05) is 39.1 Å². The van der Waals surface area contributed by atoms with Crippen LogP contribution in [-0.4, -0.2) is 74.6 Å². The van der Waals surface area contributed by atoms with Crippen molar-refractivity contribution in [3.8, 4) is 34.1 Å². The molecule has 2 amide bonds. The number of sulfone groups is 1. The van der Waals surface area contributed by atoms with E-state index < -0.39 is 84.0 Å². The lowest BCUT2D eigenvalue weighted by Gasteiger charge is -2.12. The number of benzene rings is 4. The number of carbonyl (C=O) groups is 2. The van der Waals surface area contributed by atoms with E-state index in [4.69, 9.17) is 42.1 Å². The minimum atomic E-state index is -5.18. The van der Waals surface area contributed by atoms with Gasteiger partial charge in [0.05, 0.1) is 59.7 Å². The Labute approximate surface area is 324 Å². The first-order valence-corrected chi connectivity index (χ1v) is 20.2. The van der Waals surface area contributed by atoms with Gasteiger partial charge in [0.25, 0.3) is 20.2 Å². The number of fused-ring (bicyclic) bond motifs is 3. The maximum absolute atomic E-state index is 13.8. The lowest BCUT2D eigenvalue weighted by atomic mass is 10.0. The van der Waals surface area contributed by atoms with Gasteiger partial charge >= 0.3 is 0 Å². The Morgan fingerprint density at radius 3 is 1.31 bits per heavy atom. The molecule has 21 heteroatoms. The first kappa shape index (κ1) is 41.0. The van der Waals surface area contributed by atoms with Crippen LogP contribution in [-0.2, 0) is 39.7 Å². The van der Waals surface area contributed by atoms with Crippen LogP contribution < -0.4 is 29.6 Å². The summed E-state index contributed by atoms with van der Waals surface area (Å²) in [5.74, 6) is -1.02. The molecule has 1 aliphatic rings. The Morgan fingerprint density at radius 2 is 1.00 bits per heavy atom. The van der Waals surface area contributed by atoms with Gasteiger partial charge < -0.3 is 29.6 Å². The molecule has 1 aliphatic heterocycles. The van der Waals surface area contributed by atoms with Gasteiger partial charge in [0, 0.05) is 23.3 Å². The number of halogens is 2. The van der Waals surface area contributed by atoms with Gasteiger partial charge in [-0.1, -0.05) is 23.2 Å². The van der Waals surface area contributed by atoms with Gasteiger partial charge in [0.2, 0.25) is 21.7 Å². The summed E-state index contributed by atoms with van der Waals surface area (Å²) in [5, 5.41) is 4.58. The first-order chi connectivity index (χ1) is 25.8. The smallest absolute Gasteiger partial charge is 0.296 e. The molecule has 0 fully saturated rings. The van der Waals surface area contributed by atoms with E-state index in [-0.39, 0.29) is 32.7 Å². The Morgan fingerprint density at radius 1 is 0.636 bits per heavy atom. The Balaban J connectivity index is 1.53. The normalized spacial score (nSPS) is 13.3. The maximum Gasteiger partial charge on any atom is 0.296 e. The van der Waals surface area contributed by atoms with Crippen molar-refractivity contribution in [1.82, 2.24) is 0 Å². The SMILES string of the molecule is COc1ccc(/C=C/C(=O)Nc2cc3c(cc2S(=O)(=O)O)-c2cc(S(=O)(=O)O)c(NC(=O)/C=C/c4ccc(OC)c(OC)c4Cl)cc2S3(=O)=O)c(Cl)c1OC. The van der Waals surface area contributed by atoms with Crippen LogP contribution in [0.2, 0.25) is 10.0 Å². The van der Waals surface area contributed by atoms with Gasteiger partial charge in [-0.15, -0.1) is 0 Å². The van der Waals surface area contributed by atoms with Crippen LogP contribution in [0.1, 0.15) is 11.1 Å². The van der Waals surface area contributed by atoms with Crippen molar-refractivity contribution < 1.29 is 62.9 Å². The van der Waals surface area contributed by atoms with Crippen LogP contribution in [0.5, 0.6) is 23.0 Å². The van der Waals surface area contributed by atoms with E-state index in [1.807, 2.05) is 0 Å². The molecule has 0 saturated heterocycles. The number of hydrogen-bond acceptors (Lipinski definition) is 12. The Bertz CT molecular complexity index is 2500. The highest BCUT2D eigenvalue weighted by Gasteiger charge is 2.38. The van der Waals surface area contributed by atoms with Gasteiger partial charge in [0.1, 0.15) is 9.79 Å². The largest absolute Gasteiger partial charge is 0.493 e. The monoisotopic (exact) mass is 854 g/mol. The zero-order valence-corrected chi connectivity index (χ0v) is 32.7. The average molecular weight is 856 g/mol. The molecule has 0 aromatic heterocycles. The summed E-state index contributed by atoms with van der Waals surface area (Å²) in [7, 11) is -9.51. The summed E-state index contributed by atoms with van der Waals surface area (Å²) in [5.41, 5.74) is -1.55. The molecule has 0 saturated carbocycles. The number of nitrogens with one attached hydrogen (secondary N) is 2. The molecule has 290 valence electrons. The van der Waals surface area contributed by atoms with Gasteiger partial charge in [0.15, 0.2) is 23.0 Å². The van der Waals surface area contributed by atoms with E-state index >= 15 is 0 Å². The standard InChI is InChI=1S/C34H28Cl2N2O14S3/c1-49-23-9-5-17(31(35)33(23)51-3)7-11-29(39)37-21-15-25-19(13-27(21)54(43,44)45)20-14-28(55(46,47)48)22(16-26(20)53(25,41)42)38-30(40)12-8-18-6-10-24(50-2)34(52-4)32(18)36/h5-16H,1-4H3,(H,37,39)(H,38,40)(H,43,44,45)(H,46,47,48)/b11-7+,12-8+. The molecule has 0 bridgehead atoms. The molecule has 16 nitrogen and oxygen atoms in total. The molecule has 1 heterocycles. The maximum atomic E-state index is 13.8. The molecule has 4 aromatic carbocycles. The van der Waals surface area contributed by atoms with E-state index in [0.29, 0.717) is 23.6 Å². The van der Waals surface area contributed by atoms with Crippen LogP contribution in [0.25, 0.3) is 23.3 Å². The molecule has 0 atom stereocenters. The Kier molecular flexibility index (Phi) is 11.6. The highest BCUT2D eigenvalue weighted by Crippen LogP contribution is 2.48. The third-order valence-corrected chi connectivity index (χ3v) is 12.4. The molecule has 5 rings (SSSR count). The van der Waals surface area contributed by atoms with Crippen LogP contribution in [0.3, 0.4) is 0 Å². The fraction of sp³-hybridized carbons (Fsp3) is 0.118. The van der Waals surface area contributed by atoms with Gasteiger partial charge in [-0.3, -0.25) is 18.7 Å². The molecular weight excluding hydrogens is 827 g/mol. The molecule has 0 spiro atoms. The minimum absolute atomic E-state index is 0.0732. The number of ether oxygens (including phenoxy) is 4. The summed E-state index contributed by atoms with van der Waals surface area (Å²) >= 11 is 12.7. The van der Waals surface area contributed by atoms with Gasteiger partial charge in [-0.2, -0.15) is 16.8 Å². The molecular formula is C34H28Cl2N2O14S3. The van der Waals surface area contributed by atoms with Gasteiger partial charge in [-0.05, 0) is 71.8 Å². The van der Waals surface area contributed by atoms with E-state index in [1.165, 1.54) is 64.9 Å².